The zero-order chi connectivity index (χ0) is 21.0. The fourth-order valence-corrected chi connectivity index (χ4v) is 3.44. The molecule has 1 heterocycles. The molecule has 29 heavy (non-hydrogen) atoms. The smallest absolute Gasteiger partial charge is 0.331 e. The van der Waals surface area contributed by atoms with Crippen LogP contribution < -0.4 is 14.8 Å². The molecule has 1 atom stereocenters. The van der Waals surface area contributed by atoms with Gasteiger partial charge in [0.05, 0.1) is 20.8 Å². The first-order valence-corrected chi connectivity index (χ1v) is 9.06. The zero-order valence-corrected chi connectivity index (χ0v) is 16.2. The number of hydrogen-bond acceptors (Lipinski definition) is 5. The summed E-state index contributed by atoms with van der Waals surface area (Å²) in [5, 5.41) is 12.2. The van der Waals surface area contributed by atoms with Gasteiger partial charge in [0, 0.05) is 12.1 Å². The fourth-order valence-electron chi connectivity index (χ4n) is 3.44. The van der Waals surface area contributed by atoms with Crippen molar-refractivity contribution in [2.45, 2.75) is 12.5 Å². The van der Waals surface area contributed by atoms with Crippen molar-refractivity contribution in [3.63, 3.8) is 0 Å². The molecule has 0 saturated heterocycles. The monoisotopic (exact) mass is 398 g/mol. The first-order chi connectivity index (χ1) is 14.0. The molecule has 0 fully saturated rings. The molecule has 0 radical (unpaired) electrons. The molecular formula is C21H22N2O6. The van der Waals surface area contributed by atoms with Crippen molar-refractivity contribution in [1.29, 1.82) is 0 Å². The Morgan fingerprint density at radius 1 is 1.10 bits per heavy atom. The zero-order valence-electron chi connectivity index (χ0n) is 16.2. The van der Waals surface area contributed by atoms with Crippen molar-refractivity contribution in [3.05, 3.63) is 59.2 Å². The first kappa shape index (κ1) is 20.2. The number of nitrogens with one attached hydrogen (secondary N) is 1. The number of hydrogen-bond donors (Lipinski definition) is 2. The van der Waals surface area contributed by atoms with Crippen molar-refractivity contribution in [1.82, 2.24) is 10.2 Å². The first-order valence-electron chi connectivity index (χ1n) is 9.06. The Morgan fingerprint density at radius 2 is 1.83 bits per heavy atom. The van der Waals surface area contributed by atoms with E-state index in [1.807, 2.05) is 12.1 Å². The summed E-state index contributed by atoms with van der Waals surface area (Å²) in [6, 6.07) is 10.8. The molecule has 0 bridgehead atoms. The minimum atomic E-state index is -1.10. The van der Waals surface area contributed by atoms with Crippen LogP contribution in [0.5, 0.6) is 11.5 Å². The lowest BCUT2D eigenvalue weighted by molar-refractivity contribution is -0.150. The van der Waals surface area contributed by atoms with Gasteiger partial charge in [0.25, 0.3) is 5.91 Å². The van der Waals surface area contributed by atoms with Crippen molar-refractivity contribution in [2.75, 3.05) is 27.3 Å². The highest BCUT2D eigenvalue weighted by molar-refractivity contribution is 5.97. The predicted octanol–water partition coefficient (Wildman–Crippen LogP) is 1.64. The maximum absolute atomic E-state index is 12.7. The number of fused-ring (bicyclic) bond motifs is 1. The number of nitrogens with zero attached hydrogens (tertiary/aromatic N) is 1. The van der Waals surface area contributed by atoms with E-state index >= 15 is 0 Å². The number of carbonyl (C=O) groups is 3. The van der Waals surface area contributed by atoms with E-state index in [1.165, 1.54) is 25.2 Å². The lowest BCUT2D eigenvalue weighted by Crippen LogP contribution is -2.47. The van der Waals surface area contributed by atoms with E-state index in [0.717, 1.165) is 5.56 Å². The van der Waals surface area contributed by atoms with E-state index in [2.05, 4.69) is 5.32 Å². The molecule has 2 N–H and O–H groups in total. The molecule has 0 spiro atoms. The molecule has 8 nitrogen and oxygen atoms in total. The van der Waals surface area contributed by atoms with E-state index in [9.17, 15) is 19.5 Å². The number of carboxylic acid groups (broad SMARTS) is 1. The van der Waals surface area contributed by atoms with Crippen molar-refractivity contribution in [3.8, 4) is 11.5 Å². The summed E-state index contributed by atoms with van der Waals surface area (Å²) < 4.78 is 10.3. The Kier molecular flexibility index (Phi) is 6.01. The highest BCUT2D eigenvalue weighted by Gasteiger charge is 2.35. The van der Waals surface area contributed by atoms with Crippen LogP contribution in [0, 0.1) is 0 Å². The molecule has 0 aliphatic carbocycles. The molecule has 2 aromatic carbocycles. The molecule has 3 rings (SSSR count). The second kappa shape index (κ2) is 8.64. The Morgan fingerprint density at radius 3 is 2.52 bits per heavy atom. The number of amides is 2. The molecular weight excluding hydrogens is 376 g/mol. The van der Waals surface area contributed by atoms with E-state index in [-0.39, 0.29) is 13.1 Å². The highest BCUT2D eigenvalue weighted by Crippen LogP contribution is 2.30. The summed E-state index contributed by atoms with van der Waals surface area (Å²) in [7, 11) is 2.95. The van der Waals surface area contributed by atoms with Crippen molar-refractivity contribution in [2.24, 2.45) is 0 Å². The number of methoxy groups -OCH3 is 2. The van der Waals surface area contributed by atoms with Gasteiger partial charge in [-0.2, -0.15) is 0 Å². The van der Waals surface area contributed by atoms with Gasteiger partial charge in [-0.3, -0.25) is 9.59 Å². The Labute approximate surface area is 168 Å². The Bertz CT molecular complexity index is 943. The van der Waals surface area contributed by atoms with Crippen LogP contribution in [0.25, 0.3) is 0 Å². The normalized spacial score (nSPS) is 15.2. The largest absolute Gasteiger partial charge is 0.493 e. The maximum Gasteiger partial charge on any atom is 0.331 e. The van der Waals surface area contributed by atoms with Gasteiger partial charge in [0.1, 0.15) is 0 Å². The minimum Gasteiger partial charge on any atom is -0.493 e. The van der Waals surface area contributed by atoms with Crippen LogP contribution in [0.4, 0.5) is 0 Å². The fraction of sp³-hybridized carbons (Fsp3) is 0.286. The summed E-state index contributed by atoms with van der Waals surface area (Å²) in [5.41, 5.74) is 1.82. The molecule has 8 heteroatoms. The van der Waals surface area contributed by atoms with Gasteiger partial charge in [-0.25, -0.2) is 4.79 Å². The summed E-state index contributed by atoms with van der Waals surface area (Å²) in [6.45, 7) is -0.0296. The number of rotatable bonds is 6. The van der Waals surface area contributed by atoms with Gasteiger partial charge < -0.3 is 24.8 Å². The number of aliphatic carboxylic acids is 1. The van der Waals surface area contributed by atoms with Gasteiger partial charge in [0.15, 0.2) is 17.5 Å². The second-order valence-electron chi connectivity index (χ2n) is 6.53. The topological polar surface area (TPSA) is 105 Å². The van der Waals surface area contributed by atoms with Crippen LogP contribution in [0.2, 0.25) is 0 Å². The van der Waals surface area contributed by atoms with Crippen LogP contribution in [0.15, 0.2) is 42.5 Å². The molecule has 2 aromatic rings. The predicted molar refractivity (Wildman–Crippen MR) is 104 cm³/mol. The lowest BCUT2D eigenvalue weighted by Gasteiger charge is -2.34. The summed E-state index contributed by atoms with van der Waals surface area (Å²) in [5.74, 6) is -1.15. The molecule has 1 aliphatic heterocycles. The second-order valence-corrected chi connectivity index (χ2v) is 6.53. The SMILES string of the molecule is COc1ccc(C(=O)NCC(=O)N2CCc3ccccc3C2C(=O)O)cc1OC. The van der Waals surface area contributed by atoms with E-state index in [1.54, 1.807) is 24.3 Å². The van der Waals surface area contributed by atoms with Crippen molar-refractivity contribution >= 4 is 17.8 Å². The average molecular weight is 398 g/mol. The molecule has 0 aromatic heterocycles. The summed E-state index contributed by atoms with van der Waals surface area (Å²) >= 11 is 0. The quantitative estimate of drug-likeness (QED) is 0.767. The van der Waals surface area contributed by atoms with Crippen molar-refractivity contribution < 1.29 is 29.0 Å². The molecule has 1 unspecified atom stereocenters. The van der Waals surface area contributed by atoms with Gasteiger partial charge in [0.2, 0.25) is 5.91 Å². The van der Waals surface area contributed by atoms with Crippen LogP contribution in [-0.4, -0.2) is 55.1 Å². The van der Waals surface area contributed by atoms with Gasteiger partial charge in [-0.1, -0.05) is 24.3 Å². The maximum atomic E-state index is 12.7. The molecule has 0 saturated carbocycles. The molecule has 2 amide bonds. The van der Waals surface area contributed by atoms with Crippen LogP contribution in [0.3, 0.4) is 0 Å². The number of ether oxygens (including phenoxy) is 2. The third kappa shape index (κ3) is 4.16. The van der Waals surface area contributed by atoms with Crippen LogP contribution >= 0.6 is 0 Å². The average Bonchev–Trinajstić information content (AvgIpc) is 2.75. The van der Waals surface area contributed by atoms with Crippen LogP contribution in [0.1, 0.15) is 27.5 Å². The number of carbonyl (C=O) groups excluding carboxylic acids is 2. The number of benzene rings is 2. The summed E-state index contributed by atoms with van der Waals surface area (Å²) in [6.07, 6.45) is 0.565. The molecule has 1 aliphatic rings. The number of carboxylic acids is 1. The van der Waals surface area contributed by atoms with Crippen LogP contribution in [-0.2, 0) is 16.0 Å². The molecule has 152 valence electrons. The third-order valence-electron chi connectivity index (χ3n) is 4.88. The van der Waals surface area contributed by atoms with E-state index < -0.39 is 23.8 Å². The third-order valence-corrected chi connectivity index (χ3v) is 4.88. The van der Waals surface area contributed by atoms with Gasteiger partial charge in [-0.05, 0) is 35.7 Å². The lowest BCUT2D eigenvalue weighted by atomic mass is 9.92. The van der Waals surface area contributed by atoms with E-state index in [4.69, 9.17) is 9.47 Å². The Hall–Kier alpha value is -3.55. The van der Waals surface area contributed by atoms with E-state index in [0.29, 0.717) is 29.0 Å². The standard InChI is InChI=1S/C21H22N2O6/c1-28-16-8-7-14(11-17(16)29-2)20(25)22-12-18(24)23-10-9-13-5-3-4-6-15(13)19(23)21(26)27/h3-8,11,19H,9-10,12H2,1-2H3,(H,22,25)(H,26,27). The Balaban J connectivity index is 1.70. The highest BCUT2D eigenvalue weighted by atomic mass is 16.5. The summed E-state index contributed by atoms with van der Waals surface area (Å²) in [4.78, 5) is 38.2. The minimum absolute atomic E-state index is 0.277. The van der Waals surface area contributed by atoms with Gasteiger partial charge >= 0.3 is 5.97 Å². The van der Waals surface area contributed by atoms with Gasteiger partial charge in [-0.15, -0.1) is 0 Å².